The largest absolute Gasteiger partial charge is 0.493 e. The van der Waals surface area contributed by atoms with Crippen LogP contribution < -0.4 is 4.74 Å². The van der Waals surface area contributed by atoms with Crippen LogP contribution in [0.3, 0.4) is 0 Å². The van der Waals surface area contributed by atoms with Crippen molar-refractivity contribution in [3.63, 3.8) is 0 Å². The van der Waals surface area contributed by atoms with Gasteiger partial charge in [0, 0.05) is 5.56 Å². The van der Waals surface area contributed by atoms with Crippen molar-refractivity contribution < 1.29 is 4.74 Å². The minimum Gasteiger partial charge on any atom is -0.493 e. The van der Waals surface area contributed by atoms with Crippen LogP contribution in [0.4, 0.5) is 0 Å². The van der Waals surface area contributed by atoms with Crippen LogP contribution in [0.15, 0.2) is 12.1 Å². The van der Waals surface area contributed by atoms with Crippen LogP contribution in [0, 0.1) is 0 Å². The molecule has 0 aliphatic carbocycles. The van der Waals surface area contributed by atoms with E-state index in [1.165, 1.54) is 0 Å². The van der Waals surface area contributed by atoms with Gasteiger partial charge < -0.3 is 4.74 Å². The van der Waals surface area contributed by atoms with Crippen molar-refractivity contribution in [2.45, 2.75) is 25.6 Å². The molecule has 0 bridgehead atoms. The Balaban J connectivity index is 2.75. The number of benzene rings is 1. The second kappa shape index (κ2) is 6.47. The topological polar surface area (TPSA) is 9.23 Å². The molecule has 0 heterocycles. The molecular formula is C11H13Cl3O. The summed E-state index contributed by atoms with van der Waals surface area (Å²) < 4.78 is 5.50. The second-order valence-electron chi connectivity index (χ2n) is 3.20. The molecule has 4 heteroatoms. The van der Waals surface area contributed by atoms with E-state index in [0.29, 0.717) is 28.3 Å². The number of ether oxygens (including phenoxy) is 1. The summed E-state index contributed by atoms with van der Waals surface area (Å²) >= 11 is 17.7. The summed E-state index contributed by atoms with van der Waals surface area (Å²) in [7, 11) is 0. The Morgan fingerprint density at radius 3 is 2.27 bits per heavy atom. The fraction of sp³-hybridized carbons (Fsp3) is 0.455. The van der Waals surface area contributed by atoms with Crippen LogP contribution in [0.25, 0.3) is 0 Å². The van der Waals surface area contributed by atoms with Gasteiger partial charge in [0.05, 0.1) is 22.5 Å². The first-order valence-electron chi connectivity index (χ1n) is 4.85. The summed E-state index contributed by atoms with van der Waals surface area (Å²) in [5.41, 5.74) is 0.753. The van der Waals surface area contributed by atoms with E-state index in [2.05, 4.69) is 6.92 Å². The highest BCUT2D eigenvalue weighted by molar-refractivity contribution is 6.37. The van der Waals surface area contributed by atoms with Crippen molar-refractivity contribution in [3.05, 3.63) is 27.7 Å². The SMILES string of the molecule is CCCCOc1cc(Cl)c(CCl)c(Cl)c1. The Bertz CT molecular complexity index is 303. The Kier molecular flexibility index (Phi) is 5.59. The standard InChI is InChI=1S/C11H13Cl3O/c1-2-3-4-15-8-5-10(13)9(7-12)11(14)6-8/h5-6H,2-4,7H2,1H3. The van der Waals surface area contributed by atoms with E-state index < -0.39 is 0 Å². The Morgan fingerprint density at radius 1 is 1.20 bits per heavy atom. The van der Waals surface area contributed by atoms with Crippen LogP contribution >= 0.6 is 34.8 Å². The van der Waals surface area contributed by atoms with Gasteiger partial charge in [0.25, 0.3) is 0 Å². The van der Waals surface area contributed by atoms with Gasteiger partial charge in [0.15, 0.2) is 0 Å². The third kappa shape index (κ3) is 3.75. The zero-order valence-electron chi connectivity index (χ0n) is 8.53. The van der Waals surface area contributed by atoms with Gasteiger partial charge in [0.2, 0.25) is 0 Å². The Hall–Kier alpha value is -0.110. The molecule has 0 amide bonds. The van der Waals surface area contributed by atoms with E-state index in [4.69, 9.17) is 39.5 Å². The van der Waals surface area contributed by atoms with Crippen molar-refractivity contribution in [1.82, 2.24) is 0 Å². The highest BCUT2D eigenvalue weighted by atomic mass is 35.5. The first-order chi connectivity index (χ1) is 7.19. The molecule has 0 radical (unpaired) electrons. The number of alkyl halides is 1. The fourth-order valence-corrected chi connectivity index (χ4v) is 2.15. The number of unbranched alkanes of at least 4 members (excludes halogenated alkanes) is 1. The smallest absolute Gasteiger partial charge is 0.122 e. The summed E-state index contributed by atoms with van der Waals surface area (Å²) in [5.74, 6) is 1.01. The molecule has 1 rings (SSSR count). The van der Waals surface area contributed by atoms with Gasteiger partial charge in [-0.25, -0.2) is 0 Å². The molecule has 0 aliphatic rings. The van der Waals surface area contributed by atoms with Crippen LogP contribution in [0.2, 0.25) is 10.0 Å². The maximum Gasteiger partial charge on any atom is 0.122 e. The maximum absolute atomic E-state index is 6.00. The number of rotatable bonds is 5. The fourth-order valence-electron chi connectivity index (χ4n) is 1.13. The quantitative estimate of drug-likeness (QED) is 0.544. The minimum absolute atomic E-state index is 0.312. The van der Waals surface area contributed by atoms with E-state index >= 15 is 0 Å². The lowest BCUT2D eigenvalue weighted by atomic mass is 10.2. The molecule has 0 unspecified atom stereocenters. The molecule has 0 N–H and O–H groups in total. The van der Waals surface area contributed by atoms with Gasteiger partial charge in [-0.2, -0.15) is 0 Å². The Labute approximate surface area is 105 Å². The molecule has 84 valence electrons. The Morgan fingerprint density at radius 2 is 1.80 bits per heavy atom. The molecule has 0 fully saturated rings. The molecule has 1 nitrogen and oxygen atoms in total. The molecular weight excluding hydrogens is 254 g/mol. The molecule has 0 saturated carbocycles. The van der Waals surface area contributed by atoms with Crippen molar-refractivity contribution in [2.24, 2.45) is 0 Å². The summed E-state index contributed by atoms with van der Waals surface area (Å²) in [5, 5.41) is 1.12. The van der Waals surface area contributed by atoms with Crippen LogP contribution in [0.1, 0.15) is 25.3 Å². The lowest BCUT2D eigenvalue weighted by Crippen LogP contribution is -1.97. The van der Waals surface area contributed by atoms with Gasteiger partial charge in [-0.15, -0.1) is 11.6 Å². The second-order valence-corrected chi connectivity index (χ2v) is 4.28. The van der Waals surface area contributed by atoms with Crippen molar-refractivity contribution in [2.75, 3.05) is 6.61 Å². The number of hydrogen-bond acceptors (Lipinski definition) is 1. The average Bonchev–Trinajstić information content (AvgIpc) is 2.18. The van der Waals surface area contributed by atoms with Gasteiger partial charge in [-0.1, -0.05) is 36.5 Å². The van der Waals surface area contributed by atoms with Crippen LogP contribution in [-0.2, 0) is 5.88 Å². The molecule has 0 spiro atoms. The first kappa shape index (κ1) is 13.0. The van der Waals surface area contributed by atoms with Gasteiger partial charge >= 0.3 is 0 Å². The van der Waals surface area contributed by atoms with Crippen molar-refractivity contribution in [3.8, 4) is 5.75 Å². The minimum atomic E-state index is 0.312. The van der Waals surface area contributed by atoms with Crippen LogP contribution in [0.5, 0.6) is 5.75 Å². The zero-order chi connectivity index (χ0) is 11.3. The molecule has 0 saturated heterocycles. The van der Waals surface area contributed by atoms with E-state index in [9.17, 15) is 0 Å². The predicted octanol–water partition coefficient (Wildman–Crippen LogP) is 4.91. The third-order valence-corrected chi connectivity index (χ3v) is 2.96. The molecule has 15 heavy (non-hydrogen) atoms. The van der Waals surface area contributed by atoms with Crippen molar-refractivity contribution >= 4 is 34.8 Å². The van der Waals surface area contributed by atoms with E-state index in [1.54, 1.807) is 12.1 Å². The molecule has 1 aromatic carbocycles. The monoisotopic (exact) mass is 266 g/mol. The highest BCUT2D eigenvalue weighted by Gasteiger charge is 2.07. The highest BCUT2D eigenvalue weighted by Crippen LogP contribution is 2.31. The molecule has 0 atom stereocenters. The van der Waals surface area contributed by atoms with E-state index in [-0.39, 0.29) is 0 Å². The molecule has 0 aromatic heterocycles. The van der Waals surface area contributed by atoms with Gasteiger partial charge in [0.1, 0.15) is 5.75 Å². The van der Waals surface area contributed by atoms with E-state index in [0.717, 1.165) is 18.4 Å². The zero-order valence-corrected chi connectivity index (χ0v) is 10.8. The molecule has 0 aliphatic heterocycles. The maximum atomic E-state index is 6.00. The van der Waals surface area contributed by atoms with Crippen molar-refractivity contribution in [1.29, 1.82) is 0 Å². The summed E-state index contributed by atoms with van der Waals surface area (Å²) in [6.07, 6.45) is 2.12. The lowest BCUT2D eigenvalue weighted by Gasteiger charge is -2.09. The first-order valence-corrected chi connectivity index (χ1v) is 6.14. The third-order valence-electron chi connectivity index (χ3n) is 2.01. The van der Waals surface area contributed by atoms with Gasteiger partial charge in [-0.05, 0) is 18.6 Å². The van der Waals surface area contributed by atoms with Crippen LogP contribution in [-0.4, -0.2) is 6.61 Å². The summed E-state index contributed by atoms with van der Waals surface area (Å²) in [6, 6.07) is 3.50. The lowest BCUT2D eigenvalue weighted by molar-refractivity contribution is 0.309. The molecule has 1 aromatic rings. The average molecular weight is 268 g/mol. The van der Waals surface area contributed by atoms with Gasteiger partial charge in [-0.3, -0.25) is 0 Å². The van der Waals surface area contributed by atoms with E-state index in [1.807, 2.05) is 0 Å². The number of halogens is 3. The summed E-state index contributed by atoms with van der Waals surface area (Å²) in [4.78, 5) is 0. The predicted molar refractivity (Wildman–Crippen MR) is 66.4 cm³/mol. The summed E-state index contributed by atoms with van der Waals surface area (Å²) in [6.45, 7) is 2.79. The normalized spacial score (nSPS) is 10.4. The number of hydrogen-bond donors (Lipinski definition) is 0.